The predicted molar refractivity (Wildman–Crippen MR) is 72.0 cm³/mol. The molecule has 0 unspecified atom stereocenters. The molecule has 1 aliphatic heterocycles. The van der Waals surface area contributed by atoms with Crippen molar-refractivity contribution in [2.24, 2.45) is 0 Å². The molecule has 6 heteroatoms. The molecule has 1 aromatic heterocycles. The van der Waals surface area contributed by atoms with Crippen molar-refractivity contribution in [2.75, 3.05) is 6.61 Å². The molecule has 2 aromatic rings. The van der Waals surface area contributed by atoms with E-state index in [1.165, 1.54) is 11.1 Å². The molecule has 3 nitrogen and oxygen atoms in total. The number of para-hydroxylation sites is 1. The van der Waals surface area contributed by atoms with Crippen LogP contribution < -0.4 is 24.8 Å². The molecular formula is C14H15Cl2MgNO2. The standard InChI is InChI=1S/C14H15NO2.2ClH.Mg/c1-2-17-14(16)12-9-15-8-4-6-10-5-3-7-11(12)13(10)15;;;/h3,5,7,9H,2,4,6,8H2,1H3;2*1H;/q;;;+2/p-2. The molecule has 3 rings (SSSR count). The molecular weight excluding hydrogens is 309 g/mol. The van der Waals surface area contributed by atoms with Crippen molar-refractivity contribution < 1.29 is 34.3 Å². The summed E-state index contributed by atoms with van der Waals surface area (Å²) in [7, 11) is 0. The van der Waals surface area contributed by atoms with Gasteiger partial charge in [0.1, 0.15) is 0 Å². The van der Waals surface area contributed by atoms with Gasteiger partial charge < -0.3 is 34.1 Å². The van der Waals surface area contributed by atoms with Crippen molar-refractivity contribution in [1.82, 2.24) is 4.57 Å². The smallest absolute Gasteiger partial charge is 1.00 e. The number of nitrogens with zero attached hydrogens (tertiary/aromatic N) is 1. The summed E-state index contributed by atoms with van der Waals surface area (Å²) in [6.45, 7) is 3.25. The molecule has 0 fully saturated rings. The molecule has 0 atom stereocenters. The minimum absolute atomic E-state index is 0. The van der Waals surface area contributed by atoms with Crippen LogP contribution in [0.1, 0.15) is 29.3 Å². The number of aryl methyl sites for hydroxylation is 2. The summed E-state index contributed by atoms with van der Waals surface area (Å²) in [5.74, 6) is -0.213. The Morgan fingerprint density at radius 3 is 2.80 bits per heavy atom. The minimum Gasteiger partial charge on any atom is -1.00 e. The molecule has 1 aliphatic rings. The van der Waals surface area contributed by atoms with E-state index < -0.39 is 0 Å². The van der Waals surface area contributed by atoms with Gasteiger partial charge in [0.25, 0.3) is 0 Å². The second-order valence-corrected chi connectivity index (χ2v) is 4.37. The second kappa shape index (κ2) is 8.12. The van der Waals surface area contributed by atoms with Crippen molar-refractivity contribution in [1.29, 1.82) is 0 Å². The van der Waals surface area contributed by atoms with E-state index in [0.29, 0.717) is 12.2 Å². The van der Waals surface area contributed by atoms with Crippen molar-refractivity contribution in [2.45, 2.75) is 26.3 Å². The Bertz CT molecular complexity index is 598. The van der Waals surface area contributed by atoms with Gasteiger partial charge in [-0.2, -0.15) is 0 Å². The van der Waals surface area contributed by atoms with Gasteiger partial charge in [-0.1, -0.05) is 18.2 Å². The largest absolute Gasteiger partial charge is 2.00 e. The van der Waals surface area contributed by atoms with Crippen LogP contribution in [-0.4, -0.2) is 40.2 Å². The van der Waals surface area contributed by atoms with Gasteiger partial charge in [0, 0.05) is 18.1 Å². The predicted octanol–water partition coefficient (Wildman–Crippen LogP) is -3.61. The van der Waals surface area contributed by atoms with Crippen LogP contribution in [0.4, 0.5) is 0 Å². The molecule has 0 amide bonds. The summed E-state index contributed by atoms with van der Waals surface area (Å²) < 4.78 is 7.28. The van der Waals surface area contributed by atoms with Crippen LogP contribution in [0.3, 0.4) is 0 Å². The number of hydrogen-bond donors (Lipinski definition) is 0. The van der Waals surface area contributed by atoms with Gasteiger partial charge >= 0.3 is 29.0 Å². The summed E-state index contributed by atoms with van der Waals surface area (Å²) in [4.78, 5) is 11.9. The number of rotatable bonds is 2. The molecule has 0 spiro atoms. The molecule has 0 N–H and O–H groups in total. The van der Waals surface area contributed by atoms with Gasteiger partial charge in [-0.05, 0) is 25.3 Å². The normalized spacial score (nSPS) is 11.8. The summed E-state index contributed by atoms with van der Waals surface area (Å²) in [6.07, 6.45) is 4.18. The van der Waals surface area contributed by atoms with Gasteiger partial charge in [0.05, 0.1) is 17.7 Å². The zero-order chi connectivity index (χ0) is 11.8. The number of hydrogen-bond acceptors (Lipinski definition) is 2. The Kier molecular flexibility index (Phi) is 7.95. The molecule has 0 aliphatic carbocycles. The minimum atomic E-state index is -0.213. The van der Waals surface area contributed by atoms with Gasteiger partial charge in [-0.15, -0.1) is 0 Å². The Balaban J connectivity index is 0.00000120. The first-order valence-corrected chi connectivity index (χ1v) is 6.09. The van der Waals surface area contributed by atoms with Crippen LogP contribution in [0, 0.1) is 0 Å². The first-order valence-electron chi connectivity index (χ1n) is 6.09. The van der Waals surface area contributed by atoms with Crippen molar-refractivity contribution >= 4 is 39.9 Å². The van der Waals surface area contributed by atoms with E-state index in [9.17, 15) is 4.79 Å². The number of halogens is 2. The van der Waals surface area contributed by atoms with E-state index >= 15 is 0 Å². The quantitative estimate of drug-likeness (QED) is 0.422. The van der Waals surface area contributed by atoms with Crippen LogP contribution >= 0.6 is 0 Å². The van der Waals surface area contributed by atoms with E-state index in [2.05, 4.69) is 10.6 Å². The summed E-state index contributed by atoms with van der Waals surface area (Å²) in [5, 5.41) is 1.03. The fraction of sp³-hybridized carbons (Fsp3) is 0.357. The summed E-state index contributed by atoms with van der Waals surface area (Å²) in [6, 6.07) is 6.18. The van der Waals surface area contributed by atoms with Crippen LogP contribution in [0.5, 0.6) is 0 Å². The molecule has 0 bridgehead atoms. The number of aromatic nitrogens is 1. The van der Waals surface area contributed by atoms with E-state index in [4.69, 9.17) is 4.74 Å². The Hall–Kier alpha value is -0.424. The zero-order valence-electron chi connectivity index (χ0n) is 11.4. The third-order valence-electron chi connectivity index (χ3n) is 3.32. The maximum Gasteiger partial charge on any atom is 2.00 e. The third kappa shape index (κ3) is 3.25. The molecule has 1 aromatic carbocycles. The van der Waals surface area contributed by atoms with Gasteiger partial charge in [-0.25, -0.2) is 4.79 Å². The molecule has 2 heterocycles. The van der Waals surface area contributed by atoms with Crippen LogP contribution in [0.2, 0.25) is 0 Å². The fourth-order valence-electron chi connectivity index (χ4n) is 2.63. The number of esters is 1. The molecule has 0 radical (unpaired) electrons. The average molecular weight is 324 g/mol. The van der Waals surface area contributed by atoms with E-state index in [0.717, 1.165) is 24.8 Å². The van der Waals surface area contributed by atoms with Crippen molar-refractivity contribution in [3.63, 3.8) is 0 Å². The second-order valence-electron chi connectivity index (χ2n) is 4.37. The Labute approximate surface area is 147 Å². The Morgan fingerprint density at radius 2 is 2.10 bits per heavy atom. The number of carbonyl (C=O) groups is 1. The number of ether oxygens (including phenoxy) is 1. The molecule has 20 heavy (non-hydrogen) atoms. The van der Waals surface area contributed by atoms with Crippen LogP contribution in [0.25, 0.3) is 10.9 Å². The van der Waals surface area contributed by atoms with Crippen LogP contribution in [-0.2, 0) is 17.7 Å². The molecule has 0 saturated heterocycles. The van der Waals surface area contributed by atoms with Crippen molar-refractivity contribution in [3.05, 3.63) is 35.5 Å². The maximum absolute atomic E-state index is 11.9. The van der Waals surface area contributed by atoms with Gasteiger partial charge in [0.2, 0.25) is 0 Å². The van der Waals surface area contributed by atoms with Crippen molar-refractivity contribution in [3.8, 4) is 0 Å². The van der Waals surface area contributed by atoms with E-state index in [1.54, 1.807) is 0 Å². The number of carbonyl (C=O) groups excluding carboxylic acids is 1. The van der Waals surface area contributed by atoms with E-state index in [1.807, 2.05) is 25.3 Å². The SMILES string of the molecule is CCOC(=O)c1cn2c3c(cccc13)CCC2.[Cl-].[Cl-].[Mg+2]. The summed E-state index contributed by atoms with van der Waals surface area (Å²) >= 11 is 0. The monoisotopic (exact) mass is 323 g/mol. The topological polar surface area (TPSA) is 31.2 Å². The van der Waals surface area contributed by atoms with Crippen LogP contribution in [0.15, 0.2) is 24.4 Å². The van der Waals surface area contributed by atoms with E-state index in [-0.39, 0.29) is 53.8 Å². The van der Waals surface area contributed by atoms with Gasteiger partial charge in [0.15, 0.2) is 0 Å². The Morgan fingerprint density at radius 1 is 1.35 bits per heavy atom. The third-order valence-corrected chi connectivity index (χ3v) is 3.32. The zero-order valence-corrected chi connectivity index (χ0v) is 14.3. The average Bonchev–Trinajstić information content (AvgIpc) is 2.72. The molecule has 0 saturated carbocycles. The fourth-order valence-corrected chi connectivity index (χ4v) is 2.63. The van der Waals surface area contributed by atoms with Gasteiger partial charge in [-0.3, -0.25) is 0 Å². The molecule has 104 valence electrons. The number of benzene rings is 1. The first-order chi connectivity index (χ1) is 8.31. The summed E-state index contributed by atoms with van der Waals surface area (Å²) in [5.41, 5.74) is 3.25. The maximum atomic E-state index is 11.9. The first kappa shape index (κ1) is 19.6.